The van der Waals surface area contributed by atoms with Crippen LogP contribution in [0.4, 0.5) is 0 Å². The maximum atomic E-state index is 3.68. The zero-order chi connectivity index (χ0) is 5.98. The Morgan fingerprint density at radius 2 is 2.25 bits per heavy atom. The standard InChI is InChI=1S/C6H12N2/c1-3-8-6-4-5-7(8)2/h3H,1,4-6H2,2H3. The van der Waals surface area contributed by atoms with Crippen molar-refractivity contribution >= 4 is 0 Å². The molecule has 0 bridgehead atoms. The zero-order valence-electron chi connectivity index (χ0n) is 5.30. The van der Waals surface area contributed by atoms with E-state index in [0.717, 1.165) is 6.54 Å². The average molecular weight is 112 g/mol. The van der Waals surface area contributed by atoms with Gasteiger partial charge in [0.15, 0.2) is 0 Å². The molecule has 0 aromatic rings. The van der Waals surface area contributed by atoms with Crippen molar-refractivity contribution in [3.8, 4) is 0 Å². The molecule has 8 heavy (non-hydrogen) atoms. The molecular formula is C6H12N2. The van der Waals surface area contributed by atoms with Gasteiger partial charge < -0.3 is 5.01 Å². The summed E-state index contributed by atoms with van der Waals surface area (Å²) < 4.78 is 0. The highest BCUT2D eigenvalue weighted by Crippen LogP contribution is 2.05. The second kappa shape index (κ2) is 2.18. The van der Waals surface area contributed by atoms with Crippen molar-refractivity contribution in [2.24, 2.45) is 0 Å². The molecule has 46 valence electrons. The lowest BCUT2D eigenvalue weighted by Crippen LogP contribution is -2.27. The minimum Gasteiger partial charge on any atom is -0.314 e. The summed E-state index contributed by atoms with van der Waals surface area (Å²) in [5.41, 5.74) is 0. The molecule has 0 radical (unpaired) electrons. The molecule has 1 aliphatic heterocycles. The largest absolute Gasteiger partial charge is 0.314 e. The van der Waals surface area contributed by atoms with Crippen molar-refractivity contribution in [2.75, 3.05) is 20.1 Å². The monoisotopic (exact) mass is 112 g/mol. The van der Waals surface area contributed by atoms with Crippen LogP contribution >= 0.6 is 0 Å². The summed E-state index contributed by atoms with van der Waals surface area (Å²) in [5, 5.41) is 4.30. The van der Waals surface area contributed by atoms with E-state index in [-0.39, 0.29) is 0 Å². The minimum atomic E-state index is 1.14. The van der Waals surface area contributed by atoms with Gasteiger partial charge >= 0.3 is 0 Å². The fraction of sp³-hybridized carbons (Fsp3) is 0.667. The predicted octanol–water partition coefficient (Wildman–Crippen LogP) is 0.682. The molecule has 0 saturated carbocycles. The zero-order valence-corrected chi connectivity index (χ0v) is 5.30. The van der Waals surface area contributed by atoms with E-state index in [4.69, 9.17) is 0 Å². The molecule has 0 aliphatic carbocycles. The Kier molecular flexibility index (Phi) is 1.53. The van der Waals surface area contributed by atoms with Crippen LogP contribution < -0.4 is 0 Å². The fourth-order valence-corrected chi connectivity index (χ4v) is 0.991. The summed E-state index contributed by atoms with van der Waals surface area (Å²) >= 11 is 0. The first-order valence-electron chi connectivity index (χ1n) is 2.95. The van der Waals surface area contributed by atoms with E-state index >= 15 is 0 Å². The first-order chi connectivity index (χ1) is 3.84. The number of nitrogens with zero attached hydrogens (tertiary/aromatic N) is 2. The van der Waals surface area contributed by atoms with Crippen LogP contribution in [0.1, 0.15) is 6.42 Å². The number of rotatable bonds is 1. The normalized spacial score (nSPS) is 21.9. The van der Waals surface area contributed by atoms with Gasteiger partial charge in [0.05, 0.1) is 0 Å². The third-order valence-electron chi connectivity index (χ3n) is 1.52. The molecule has 1 aliphatic rings. The molecule has 0 unspecified atom stereocenters. The van der Waals surface area contributed by atoms with E-state index in [1.165, 1.54) is 13.0 Å². The van der Waals surface area contributed by atoms with Gasteiger partial charge in [-0.05, 0) is 6.42 Å². The van der Waals surface area contributed by atoms with Crippen molar-refractivity contribution in [2.45, 2.75) is 6.42 Å². The van der Waals surface area contributed by atoms with E-state index in [2.05, 4.69) is 23.6 Å². The quantitative estimate of drug-likeness (QED) is 0.492. The molecule has 0 amide bonds. The number of hydrogen-bond donors (Lipinski definition) is 0. The van der Waals surface area contributed by atoms with Gasteiger partial charge in [0.1, 0.15) is 0 Å². The van der Waals surface area contributed by atoms with E-state index in [1.807, 2.05) is 6.20 Å². The first-order valence-corrected chi connectivity index (χ1v) is 2.95. The molecule has 0 aromatic heterocycles. The van der Waals surface area contributed by atoms with Crippen molar-refractivity contribution in [1.29, 1.82) is 0 Å². The maximum Gasteiger partial charge on any atom is 0.0352 e. The van der Waals surface area contributed by atoms with E-state index in [0.29, 0.717) is 0 Å². The third kappa shape index (κ3) is 0.842. The van der Waals surface area contributed by atoms with Crippen molar-refractivity contribution in [3.05, 3.63) is 12.8 Å². The lowest BCUT2D eigenvalue weighted by Gasteiger charge is -2.20. The molecule has 2 nitrogen and oxygen atoms in total. The van der Waals surface area contributed by atoms with E-state index < -0.39 is 0 Å². The topological polar surface area (TPSA) is 6.48 Å². The summed E-state index contributed by atoms with van der Waals surface area (Å²) in [6, 6.07) is 0. The highest BCUT2D eigenvalue weighted by Gasteiger charge is 2.11. The van der Waals surface area contributed by atoms with Crippen LogP contribution in [-0.2, 0) is 0 Å². The lowest BCUT2D eigenvalue weighted by atomic mass is 10.5. The Morgan fingerprint density at radius 3 is 2.50 bits per heavy atom. The molecule has 1 fully saturated rings. The maximum absolute atomic E-state index is 3.68. The van der Waals surface area contributed by atoms with Crippen LogP contribution in [0.15, 0.2) is 12.8 Å². The second-order valence-electron chi connectivity index (χ2n) is 2.08. The fourth-order valence-electron chi connectivity index (χ4n) is 0.991. The van der Waals surface area contributed by atoms with Crippen LogP contribution in [0, 0.1) is 0 Å². The van der Waals surface area contributed by atoms with Crippen molar-refractivity contribution in [3.63, 3.8) is 0 Å². The van der Waals surface area contributed by atoms with Crippen LogP contribution in [0.2, 0.25) is 0 Å². The Balaban J connectivity index is 2.41. The molecule has 0 spiro atoms. The summed E-state index contributed by atoms with van der Waals surface area (Å²) in [5.74, 6) is 0. The first kappa shape index (κ1) is 5.63. The van der Waals surface area contributed by atoms with Gasteiger partial charge in [-0.1, -0.05) is 6.58 Å². The molecule has 0 atom stereocenters. The van der Waals surface area contributed by atoms with Gasteiger partial charge in [0.2, 0.25) is 0 Å². The molecule has 2 heteroatoms. The van der Waals surface area contributed by atoms with E-state index in [1.54, 1.807) is 0 Å². The van der Waals surface area contributed by atoms with Gasteiger partial charge in [0, 0.05) is 26.3 Å². The Bertz CT molecular complexity index is 90.5. The van der Waals surface area contributed by atoms with E-state index in [9.17, 15) is 0 Å². The minimum absolute atomic E-state index is 1.14. The van der Waals surface area contributed by atoms with Gasteiger partial charge in [0.25, 0.3) is 0 Å². The number of hydrogen-bond acceptors (Lipinski definition) is 2. The molecule has 1 rings (SSSR count). The SMILES string of the molecule is C=CN1CCCN1C. The van der Waals surface area contributed by atoms with Gasteiger partial charge in [-0.3, -0.25) is 0 Å². The summed E-state index contributed by atoms with van der Waals surface area (Å²) in [4.78, 5) is 0. The number of hydrazine groups is 1. The summed E-state index contributed by atoms with van der Waals surface area (Å²) in [6.45, 7) is 5.99. The average Bonchev–Trinajstić information content (AvgIpc) is 2.14. The Labute approximate surface area is 50.4 Å². The summed E-state index contributed by atoms with van der Waals surface area (Å²) in [7, 11) is 2.08. The van der Waals surface area contributed by atoms with Gasteiger partial charge in [-0.2, -0.15) is 0 Å². The predicted molar refractivity (Wildman–Crippen MR) is 34.1 cm³/mol. The third-order valence-corrected chi connectivity index (χ3v) is 1.52. The second-order valence-corrected chi connectivity index (χ2v) is 2.08. The highest BCUT2D eigenvalue weighted by atomic mass is 15.6. The van der Waals surface area contributed by atoms with Crippen LogP contribution in [0.25, 0.3) is 0 Å². The van der Waals surface area contributed by atoms with Crippen molar-refractivity contribution < 1.29 is 0 Å². The molecule has 1 heterocycles. The molecule has 0 aromatic carbocycles. The molecule has 1 saturated heterocycles. The van der Waals surface area contributed by atoms with Crippen LogP contribution in [-0.4, -0.2) is 30.2 Å². The lowest BCUT2D eigenvalue weighted by molar-refractivity contribution is 0.117. The van der Waals surface area contributed by atoms with Crippen LogP contribution in [0.5, 0.6) is 0 Å². The highest BCUT2D eigenvalue weighted by molar-refractivity contribution is 4.72. The van der Waals surface area contributed by atoms with Gasteiger partial charge in [-0.15, -0.1) is 0 Å². The van der Waals surface area contributed by atoms with Crippen LogP contribution in [0.3, 0.4) is 0 Å². The Morgan fingerprint density at radius 1 is 1.50 bits per heavy atom. The smallest absolute Gasteiger partial charge is 0.0352 e. The summed E-state index contributed by atoms with van der Waals surface area (Å²) in [6.07, 6.45) is 3.13. The molecular weight excluding hydrogens is 100 g/mol. The van der Waals surface area contributed by atoms with Gasteiger partial charge in [-0.25, -0.2) is 5.01 Å². The van der Waals surface area contributed by atoms with Crippen molar-refractivity contribution in [1.82, 2.24) is 10.0 Å². The Hall–Kier alpha value is -0.500. The molecule has 0 N–H and O–H groups in total.